The van der Waals surface area contributed by atoms with Crippen molar-refractivity contribution in [1.82, 2.24) is 0 Å². The van der Waals surface area contributed by atoms with Gasteiger partial charge in [-0.2, -0.15) is 13.2 Å². The third-order valence-corrected chi connectivity index (χ3v) is 12.8. The number of hydrogen-bond acceptors (Lipinski definition) is 5. The van der Waals surface area contributed by atoms with E-state index in [0.29, 0.717) is 54.9 Å². The summed E-state index contributed by atoms with van der Waals surface area (Å²) in [5.41, 5.74) is -1.47. The molecule has 4 fully saturated rings. The van der Waals surface area contributed by atoms with Gasteiger partial charge in [0.1, 0.15) is 12.7 Å². The fourth-order valence-electron chi connectivity index (χ4n) is 10.6. The monoisotopic (exact) mass is 622 g/mol. The van der Waals surface area contributed by atoms with Gasteiger partial charge in [0.15, 0.2) is 0 Å². The van der Waals surface area contributed by atoms with Crippen molar-refractivity contribution in [3.05, 3.63) is 35.4 Å². The van der Waals surface area contributed by atoms with Crippen LogP contribution in [0, 0.1) is 46.3 Å². The number of fused-ring (bicyclic) bond motifs is 5. The van der Waals surface area contributed by atoms with Crippen LogP contribution in [0.25, 0.3) is 0 Å². The summed E-state index contributed by atoms with van der Waals surface area (Å²) in [6, 6.07) is 4.92. The Morgan fingerprint density at radius 3 is 2.34 bits per heavy atom. The van der Waals surface area contributed by atoms with Crippen molar-refractivity contribution in [2.24, 2.45) is 46.3 Å². The lowest BCUT2D eigenvalue weighted by Gasteiger charge is -2.63. The molecule has 246 valence electrons. The largest absolute Gasteiger partial charge is 0.481 e. The summed E-state index contributed by atoms with van der Waals surface area (Å²) in [6.07, 6.45) is 3.49. The van der Waals surface area contributed by atoms with E-state index in [9.17, 15) is 27.9 Å². The normalized spacial score (nSPS) is 39.1. The number of hydrogen-bond donors (Lipinski definition) is 2. The molecule has 1 aromatic rings. The Morgan fingerprint density at radius 2 is 1.70 bits per heavy atom. The first-order valence-electron chi connectivity index (χ1n) is 16.4. The molecule has 10 atom stereocenters. The van der Waals surface area contributed by atoms with Crippen molar-refractivity contribution in [2.45, 2.75) is 109 Å². The van der Waals surface area contributed by atoms with Crippen LogP contribution in [0.2, 0.25) is 0 Å². The molecule has 0 spiro atoms. The number of halogens is 3. The molecule has 0 aromatic heterocycles. The Balaban J connectivity index is 1.41. The molecule has 9 heteroatoms. The summed E-state index contributed by atoms with van der Waals surface area (Å²) >= 11 is 0. The number of carbonyl (C=O) groups is 2. The van der Waals surface area contributed by atoms with Crippen molar-refractivity contribution in [2.75, 3.05) is 13.7 Å². The fourth-order valence-corrected chi connectivity index (χ4v) is 10.6. The van der Waals surface area contributed by atoms with E-state index in [1.807, 2.05) is 0 Å². The van der Waals surface area contributed by atoms with E-state index >= 15 is 0 Å². The zero-order valence-electron chi connectivity index (χ0n) is 26.5. The molecule has 4 saturated carbocycles. The topological polar surface area (TPSA) is 93.1 Å². The number of carboxylic acids is 1. The molecule has 44 heavy (non-hydrogen) atoms. The second kappa shape index (κ2) is 12.2. The minimum Gasteiger partial charge on any atom is -0.481 e. The number of aliphatic carboxylic acids is 1. The van der Waals surface area contributed by atoms with Crippen LogP contribution in [0.5, 0.6) is 0 Å². The van der Waals surface area contributed by atoms with Crippen molar-refractivity contribution in [3.8, 4) is 0 Å². The SMILES string of the molecule is COCC(=O)O[C@@H]1C[C@@H]2C[C@](O)(c3ccc(C(F)(F)F)cc3)CC[C@]2(C)[C@H]2CC[C@]3(C)[C@@H]([C@H](C)CCCC(=O)O)CC[C@H]3[C@H]12. The van der Waals surface area contributed by atoms with Crippen LogP contribution >= 0.6 is 0 Å². The Labute approximate surface area is 259 Å². The standard InChI is InChI=1S/C35H49F3O6/c1-21(6-5-7-29(39)40)25-12-13-26-31-27(14-15-33(25,26)3)32(2)16-17-34(42,22-8-10-23(11-9-22)35(36,37)38)19-24(32)18-28(31)44-30(41)20-43-4/h8-11,21,24-28,31,42H,5-7,12-20H2,1-4H3,(H,39,40)/t21-,24-,25-,26+,27+,28-,31+,32+,33-,34+/m1/s1. The van der Waals surface area contributed by atoms with Gasteiger partial charge in [-0.25, -0.2) is 4.79 Å². The van der Waals surface area contributed by atoms with Crippen LogP contribution in [0.15, 0.2) is 24.3 Å². The van der Waals surface area contributed by atoms with Gasteiger partial charge in [0, 0.05) is 19.4 Å². The van der Waals surface area contributed by atoms with Crippen LogP contribution < -0.4 is 0 Å². The number of benzene rings is 1. The zero-order chi connectivity index (χ0) is 32.1. The van der Waals surface area contributed by atoms with Crippen LogP contribution in [-0.4, -0.2) is 42.0 Å². The van der Waals surface area contributed by atoms with E-state index in [2.05, 4.69) is 20.8 Å². The summed E-state index contributed by atoms with van der Waals surface area (Å²) in [6.45, 7) is 6.88. The third kappa shape index (κ3) is 6.04. The van der Waals surface area contributed by atoms with Gasteiger partial charge in [-0.3, -0.25) is 4.79 Å². The molecule has 5 rings (SSSR count). The molecule has 4 aliphatic rings. The maximum absolute atomic E-state index is 13.2. The predicted octanol–water partition coefficient (Wildman–Crippen LogP) is 7.61. The molecule has 0 aliphatic heterocycles. The molecular weight excluding hydrogens is 573 g/mol. The van der Waals surface area contributed by atoms with Crippen LogP contribution in [0.1, 0.15) is 103 Å². The van der Waals surface area contributed by atoms with Crippen molar-refractivity contribution < 1.29 is 42.4 Å². The smallest absolute Gasteiger partial charge is 0.416 e. The predicted molar refractivity (Wildman–Crippen MR) is 158 cm³/mol. The summed E-state index contributed by atoms with van der Waals surface area (Å²) in [7, 11) is 1.47. The van der Waals surface area contributed by atoms with Crippen LogP contribution in [0.3, 0.4) is 0 Å². The molecular formula is C35H49F3O6. The quantitative estimate of drug-likeness (QED) is 0.276. The highest BCUT2D eigenvalue weighted by Gasteiger charge is 2.64. The Bertz CT molecular complexity index is 1200. The number of alkyl halides is 3. The molecule has 4 aliphatic carbocycles. The summed E-state index contributed by atoms with van der Waals surface area (Å²) in [5.74, 6) is 0.662. The zero-order valence-corrected chi connectivity index (χ0v) is 26.5. The number of carbonyl (C=O) groups excluding carboxylic acids is 1. The number of carboxylic acid groups (broad SMARTS) is 1. The van der Waals surface area contributed by atoms with E-state index in [0.717, 1.165) is 50.7 Å². The Morgan fingerprint density at radius 1 is 1.02 bits per heavy atom. The number of esters is 1. The lowest BCUT2D eigenvalue weighted by molar-refractivity contribution is -0.207. The van der Waals surface area contributed by atoms with Gasteiger partial charge >= 0.3 is 18.1 Å². The average molecular weight is 623 g/mol. The van der Waals surface area contributed by atoms with Gasteiger partial charge in [0.05, 0.1) is 11.2 Å². The molecule has 0 amide bonds. The second-order valence-corrected chi connectivity index (χ2v) is 15.0. The number of rotatable bonds is 9. The number of aliphatic hydroxyl groups is 1. The van der Waals surface area contributed by atoms with Crippen LogP contribution in [-0.2, 0) is 30.8 Å². The highest BCUT2D eigenvalue weighted by molar-refractivity contribution is 5.71. The van der Waals surface area contributed by atoms with E-state index in [-0.39, 0.29) is 41.8 Å². The van der Waals surface area contributed by atoms with Crippen molar-refractivity contribution in [1.29, 1.82) is 0 Å². The highest BCUT2D eigenvalue weighted by atomic mass is 19.4. The molecule has 6 nitrogen and oxygen atoms in total. The number of methoxy groups -OCH3 is 1. The molecule has 0 heterocycles. The van der Waals surface area contributed by atoms with Gasteiger partial charge in [-0.05, 0) is 122 Å². The third-order valence-electron chi connectivity index (χ3n) is 12.8. The minimum atomic E-state index is -4.44. The maximum atomic E-state index is 13.2. The van der Waals surface area contributed by atoms with Gasteiger partial charge in [0.2, 0.25) is 0 Å². The van der Waals surface area contributed by atoms with E-state index < -0.39 is 29.3 Å². The highest BCUT2D eigenvalue weighted by Crippen LogP contribution is 2.69. The van der Waals surface area contributed by atoms with Crippen molar-refractivity contribution >= 4 is 11.9 Å². The summed E-state index contributed by atoms with van der Waals surface area (Å²) in [4.78, 5) is 24.0. The minimum absolute atomic E-state index is 0.0432. The van der Waals surface area contributed by atoms with E-state index in [1.165, 1.54) is 19.2 Å². The Hall–Kier alpha value is -2.13. The number of ether oxygens (including phenoxy) is 2. The molecule has 1 aromatic carbocycles. The first kappa shape index (κ1) is 33.2. The van der Waals surface area contributed by atoms with E-state index in [4.69, 9.17) is 14.6 Å². The molecule has 0 bridgehead atoms. The lowest BCUT2D eigenvalue weighted by Crippen LogP contribution is -2.60. The Kier molecular flexibility index (Phi) is 9.24. The summed E-state index contributed by atoms with van der Waals surface area (Å²) < 4.78 is 51.0. The average Bonchev–Trinajstić information content (AvgIpc) is 3.30. The lowest BCUT2D eigenvalue weighted by atomic mass is 9.42. The van der Waals surface area contributed by atoms with Gasteiger partial charge in [0.25, 0.3) is 0 Å². The molecule has 0 radical (unpaired) electrons. The van der Waals surface area contributed by atoms with Gasteiger partial charge in [-0.1, -0.05) is 32.9 Å². The van der Waals surface area contributed by atoms with E-state index in [1.54, 1.807) is 0 Å². The molecule has 0 saturated heterocycles. The van der Waals surface area contributed by atoms with Gasteiger partial charge in [-0.15, -0.1) is 0 Å². The first-order chi connectivity index (χ1) is 20.6. The molecule has 2 N–H and O–H groups in total. The van der Waals surface area contributed by atoms with Gasteiger partial charge < -0.3 is 19.7 Å². The van der Waals surface area contributed by atoms with Crippen LogP contribution in [0.4, 0.5) is 13.2 Å². The first-order valence-corrected chi connectivity index (χ1v) is 16.4. The molecule has 0 unspecified atom stereocenters. The maximum Gasteiger partial charge on any atom is 0.416 e. The second-order valence-electron chi connectivity index (χ2n) is 15.0. The van der Waals surface area contributed by atoms with Crippen molar-refractivity contribution in [3.63, 3.8) is 0 Å². The fraction of sp³-hybridized carbons (Fsp3) is 0.771. The summed E-state index contributed by atoms with van der Waals surface area (Å²) in [5, 5.41) is 21.0.